The monoisotopic (exact) mass is 390 g/mol. The fourth-order valence-corrected chi connectivity index (χ4v) is 3.43. The van der Waals surface area contributed by atoms with Crippen LogP contribution in [0.1, 0.15) is 29.6 Å². The van der Waals surface area contributed by atoms with E-state index in [0.29, 0.717) is 42.9 Å². The highest BCUT2D eigenvalue weighted by Gasteiger charge is 2.29. The van der Waals surface area contributed by atoms with Crippen LogP contribution in [-0.2, 0) is 4.79 Å². The van der Waals surface area contributed by atoms with E-state index in [1.54, 1.807) is 40.9 Å². The van der Waals surface area contributed by atoms with Gasteiger partial charge in [-0.05, 0) is 55.5 Å². The van der Waals surface area contributed by atoms with Gasteiger partial charge in [0.05, 0.1) is 6.04 Å². The molecule has 1 atom stereocenters. The average molecular weight is 391 g/mol. The van der Waals surface area contributed by atoms with Crippen LogP contribution in [0.3, 0.4) is 0 Å². The Balaban J connectivity index is 0.00000288. The summed E-state index contributed by atoms with van der Waals surface area (Å²) in [6, 6.07) is 6.57. The van der Waals surface area contributed by atoms with Crippen LogP contribution in [0.5, 0.6) is 0 Å². The van der Waals surface area contributed by atoms with Crippen molar-refractivity contribution in [2.45, 2.75) is 25.3 Å². The van der Waals surface area contributed by atoms with Gasteiger partial charge in [-0.25, -0.2) is 0 Å². The van der Waals surface area contributed by atoms with Crippen molar-refractivity contribution < 1.29 is 9.59 Å². The van der Waals surface area contributed by atoms with Crippen molar-refractivity contribution in [1.29, 1.82) is 0 Å². The maximum absolute atomic E-state index is 12.5. The van der Waals surface area contributed by atoms with Gasteiger partial charge in [0.1, 0.15) is 0 Å². The number of nitrogens with two attached hydrogens (primary N) is 1. The van der Waals surface area contributed by atoms with Crippen LogP contribution in [0.25, 0.3) is 0 Å². The fourth-order valence-electron chi connectivity index (χ4n) is 2.81. The molecule has 1 fully saturated rings. The smallest absolute Gasteiger partial charge is 0.239 e. The second-order valence-electron chi connectivity index (χ2n) is 5.86. The number of likely N-dealkylation sites (tertiary alicyclic amines) is 1. The molecule has 1 amide bonds. The number of Topliss-reactive ketones (excluding diaryl/α,β-unsaturated/α-hetero) is 1. The van der Waals surface area contributed by atoms with Crippen molar-refractivity contribution >= 4 is 47.5 Å². The van der Waals surface area contributed by atoms with Gasteiger partial charge in [0, 0.05) is 29.6 Å². The van der Waals surface area contributed by atoms with Gasteiger partial charge in [-0.15, -0.1) is 12.4 Å². The molecule has 0 aliphatic carbocycles. The summed E-state index contributed by atoms with van der Waals surface area (Å²) >= 11 is 7.55. The molecule has 2 N–H and O–H groups in total. The quantitative estimate of drug-likeness (QED) is 0.756. The summed E-state index contributed by atoms with van der Waals surface area (Å²) in [7, 11) is 0. The van der Waals surface area contributed by atoms with Gasteiger partial charge >= 0.3 is 0 Å². The molecule has 1 heterocycles. The van der Waals surface area contributed by atoms with Crippen molar-refractivity contribution in [2.24, 2.45) is 11.7 Å². The molecule has 1 aliphatic heterocycles. The number of halogens is 2. The average Bonchev–Trinajstić information content (AvgIpc) is 2.59. The lowest BCUT2D eigenvalue weighted by atomic mass is 9.88. The normalized spacial score (nSPS) is 16.4. The Hall–Kier alpha value is -0.750. The topological polar surface area (TPSA) is 63.4 Å². The third-order valence-corrected chi connectivity index (χ3v) is 5.15. The second kappa shape index (κ2) is 10.3. The number of ketones is 1. The van der Waals surface area contributed by atoms with Crippen LogP contribution in [-0.4, -0.2) is 47.7 Å². The number of amides is 1. The first-order valence-corrected chi connectivity index (χ1v) is 9.63. The van der Waals surface area contributed by atoms with Gasteiger partial charge in [0.25, 0.3) is 0 Å². The number of carbonyl (C=O) groups is 2. The predicted molar refractivity (Wildman–Crippen MR) is 103 cm³/mol. The maximum atomic E-state index is 12.5. The molecule has 1 saturated heterocycles. The van der Waals surface area contributed by atoms with Gasteiger partial charge < -0.3 is 10.6 Å². The molecule has 0 unspecified atom stereocenters. The van der Waals surface area contributed by atoms with E-state index in [-0.39, 0.29) is 30.0 Å². The molecule has 4 nitrogen and oxygen atoms in total. The molecule has 1 aromatic rings. The number of nitrogens with zero attached hydrogens (tertiary/aromatic N) is 1. The van der Waals surface area contributed by atoms with Crippen molar-refractivity contribution in [3.63, 3.8) is 0 Å². The molecule has 0 radical (unpaired) electrons. The summed E-state index contributed by atoms with van der Waals surface area (Å²) in [4.78, 5) is 26.6. The minimum Gasteiger partial charge on any atom is -0.341 e. The summed E-state index contributed by atoms with van der Waals surface area (Å²) in [6.45, 7) is 1.21. The van der Waals surface area contributed by atoms with E-state index in [0.717, 1.165) is 5.75 Å². The molecule has 134 valence electrons. The maximum Gasteiger partial charge on any atom is 0.239 e. The molecule has 0 aromatic heterocycles. The van der Waals surface area contributed by atoms with Crippen LogP contribution in [0.15, 0.2) is 24.3 Å². The first-order valence-electron chi connectivity index (χ1n) is 7.86. The summed E-state index contributed by atoms with van der Waals surface area (Å²) in [5.41, 5.74) is 6.64. The first-order chi connectivity index (χ1) is 11.0. The van der Waals surface area contributed by atoms with E-state index >= 15 is 0 Å². The number of piperidine rings is 1. The highest BCUT2D eigenvalue weighted by atomic mass is 35.5. The van der Waals surface area contributed by atoms with Crippen molar-refractivity contribution in [3.8, 4) is 0 Å². The van der Waals surface area contributed by atoms with Crippen molar-refractivity contribution in [3.05, 3.63) is 34.9 Å². The Morgan fingerprint density at radius 1 is 1.29 bits per heavy atom. The Kier molecular flexibility index (Phi) is 9.13. The zero-order valence-electron chi connectivity index (χ0n) is 13.7. The molecule has 0 bridgehead atoms. The third kappa shape index (κ3) is 5.66. The van der Waals surface area contributed by atoms with E-state index in [9.17, 15) is 9.59 Å². The van der Waals surface area contributed by atoms with Gasteiger partial charge in [-0.3, -0.25) is 9.59 Å². The van der Waals surface area contributed by atoms with Crippen molar-refractivity contribution in [1.82, 2.24) is 4.90 Å². The van der Waals surface area contributed by atoms with Crippen LogP contribution >= 0.6 is 35.8 Å². The zero-order chi connectivity index (χ0) is 16.8. The van der Waals surface area contributed by atoms with E-state index in [4.69, 9.17) is 17.3 Å². The molecule has 1 aliphatic rings. The van der Waals surface area contributed by atoms with Gasteiger partial charge in [-0.2, -0.15) is 11.8 Å². The van der Waals surface area contributed by atoms with Crippen molar-refractivity contribution in [2.75, 3.05) is 25.1 Å². The number of carbonyl (C=O) groups excluding carboxylic acids is 2. The first kappa shape index (κ1) is 21.3. The summed E-state index contributed by atoms with van der Waals surface area (Å²) in [5.74, 6) is 1.01. The Labute approximate surface area is 158 Å². The lowest BCUT2D eigenvalue weighted by Crippen LogP contribution is -2.48. The highest BCUT2D eigenvalue weighted by Crippen LogP contribution is 2.23. The number of rotatable bonds is 6. The van der Waals surface area contributed by atoms with Crippen LogP contribution in [0, 0.1) is 5.92 Å². The number of benzene rings is 1. The molecule has 24 heavy (non-hydrogen) atoms. The van der Waals surface area contributed by atoms with E-state index in [1.807, 2.05) is 6.26 Å². The largest absolute Gasteiger partial charge is 0.341 e. The zero-order valence-corrected chi connectivity index (χ0v) is 16.1. The fraction of sp³-hybridized carbons (Fsp3) is 0.529. The van der Waals surface area contributed by atoms with Gasteiger partial charge in [0.2, 0.25) is 5.91 Å². The van der Waals surface area contributed by atoms with Crippen LogP contribution in [0.4, 0.5) is 0 Å². The minimum atomic E-state index is -0.425. The second-order valence-corrected chi connectivity index (χ2v) is 7.28. The SMILES string of the molecule is CSCC[C@H](N)C(=O)N1CCC(C(=O)c2ccc(Cl)cc2)CC1.Cl. The highest BCUT2D eigenvalue weighted by molar-refractivity contribution is 7.98. The Morgan fingerprint density at radius 3 is 2.42 bits per heavy atom. The molecule has 2 rings (SSSR count). The molecule has 1 aromatic carbocycles. The molecule has 0 saturated carbocycles. The third-order valence-electron chi connectivity index (χ3n) is 4.26. The summed E-state index contributed by atoms with van der Waals surface area (Å²) in [5, 5.41) is 0.626. The lowest BCUT2D eigenvalue weighted by molar-refractivity contribution is -0.133. The Bertz CT molecular complexity index is 546. The summed E-state index contributed by atoms with van der Waals surface area (Å²) in [6.07, 6.45) is 4.10. The van der Waals surface area contributed by atoms with Gasteiger partial charge in [0.15, 0.2) is 5.78 Å². The predicted octanol–water partition coefficient (Wildman–Crippen LogP) is 3.26. The molecular weight excluding hydrogens is 367 g/mol. The molecular formula is C17H24Cl2N2O2S. The number of hydrogen-bond acceptors (Lipinski definition) is 4. The van der Waals surface area contributed by atoms with Gasteiger partial charge in [-0.1, -0.05) is 11.6 Å². The van der Waals surface area contributed by atoms with E-state index in [1.165, 1.54) is 0 Å². The number of hydrogen-bond donors (Lipinski definition) is 1. The summed E-state index contributed by atoms with van der Waals surface area (Å²) < 4.78 is 0. The number of thioether (sulfide) groups is 1. The van der Waals surface area contributed by atoms with E-state index < -0.39 is 6.04 Å². The van der Waals surface area contributed by atoms with Crippen LogP contribution < -0.4 is 5.73 Å². The standard InChI is InChI=1S/C17H23ClN2O2S.ClH/c1-23-11-8-15(19)17(22)20-9-6-13(7-10-20)16(21)12-2-4-14(18)5-3-12;/h2-5,13,15H,6-11,19H2,1H3;1H/t15-;/m0./s1. The molecule has 7 heteroatoms. The van der Waals surface area contributed by atoms with Crippen LogP contribution in [0.2, 0.25) is 5.02 Å². The Morgan fingerprint density at radius 2 is 1.88 bits per heavy atom. The molecule has 0 spiro atoms. The lowest BCUT2D eigenvalue weighted by Gasteiger charge is -2.33. The van der Waals surface area contributed by atoms with E-state index in [2.05, 4.69) is 0 Å². The minimum absolute atomic E-state index is 0.